The summed E-state index contributed by atoms with van der Waals surface area (Å²) in [5.74, 6) is -4.27. The van der Waals surface area contributed by atoms with Crippen LogP contribution in [0.15, 0.2) is 18.5 Å². The predicted octanol–water partition coefficient (Wildman–Crippen LogP) is 3.52. The lowest BCUT2D eigenvalue weighted by atomic mass is 9.81. The van der Waals surface area contributed by atoms with Crippen LogP contribution in [0.4, 0.5) is 22.0 Å². The van der Waals surface area contributed by atoms with Crippen molar-refractivity contribution in [3.05, 3.63) is 41.2 Å². The van der Waals surface area contributed by atoms with Gasteiger partial charge >= 0.3 is 6.18 Å². The highest BCUT2D eigenvalue weighted by atomic mass is 19.4. The van der Waals surface area contributed by atoms with Gasteiger partial charge in [-0.25, -0.2) is 23.3 Å². The summed E-state index contributed by atoms with van der Waals surface area (Å²) in [4.78, 5) is 35.4. The quantitative estimate of drug-likeness (QED) is 0.352. The molecule has 3 unspecified atom stereocenters. The third-order valence-electron chi connectivity index (χ3n) is 8.95. The monoisotopic (exact) mass is 654 g/mol. The van der Waals surface area contributed by atoms with Gasteiger partial charge in [0.1, 0.15) is 11.8 Å². The highest BCUT2D eigenvalue weighted by Gasteiger charge is 2.46. The second-order valence-electron chi connectivity index (χ2n) is 12.0. The van der Waals surface area contributed by atoms with E-state index in [0.29, 0.717) is 49.7 Å². The number of nitrogens with zero attached hydrogens (tertiary/aromatic N) is 6. The Bertz CT molecular complexity index is 1560. The van der Waals surface area contributed by atoms with Crippen LogP contribution in [0.2, 0.25) is 0 Å². The average molecular weight is 655 g/mol. The fourth-order valence-electron chi connectivity index (χ4n) is 6.42. The number of aryl methyl sites for hydroxylation is 1. The normalized spacial score (nSPS) is 23.7. The number of hydrogen-bond donors (Lipinski definition) is 2. The maximum absolute atomic E-state index is 14.1. The molecule has 0 aromatic carbocycles. The molecule has 0 bridgehead atoms. The number of imidazole rings is 1. The Morgan fingerprint density at radius 2 is 1.91 bits per heavy atom. The Kier molecular flexibility index (Phi) is 8.98. The number of halogens is 5. The van der Waals surface area contributed by atoms with Gasteiger partial charge in [0, 0.05) is 51.1 Å². The van der Waals surface area contributed by atoms with Crippen molar-refractivity contribution in [2.45, 2.75) is 94.7 Å². The first-order valence-electron chi connectivity index (χ1n) is 15.5. The average Bonchev–Trinajstić information content (AvgIpc) is 3.67. The number of fused-ring (bicyclic) bond motifs is 1. The van der Waals surface area contributed by atoms with Gasteiger partial charge in [0.15, 0.2) is 6.10 Å². The summed E-state index contributed by atoms with van der Waals surface area (Å²) < 4.78 is 82.1. The van der Waals surface area contributed by atoms with Gasteiger partial charge in [-0.2, -0.15) is 23.4 Å². The van der Waals surface area contributed by atoms with Crippen LogP contribution in [0.3, 0.4) is 0 Å². The van der Waals surface area contributed by atoms with Crippen molar-refractivity contribution >= 4 is 17.6 Å². The van der Waals surface area contributed by atoms with E-state index in [1.165, 1.54) is 21.6 Å². The van der Waals surface area contributed by atoms with Crippen LogP contribution in [0.5, 0.6) is 0 Å². The summed E-state index contributed by atoms with van der Waals surface area (Å²) in [5, 5.41) is 14.1. The summed E-state index contributed by atoms with van der Waals surface area (Å²) in [6.45, 7) is 2.50. The van der Waals surface area contributed by atoms with Gasteiger partial charge in [0.2, 0.25) is 11.8 Å². The van der Waals surface area contributed by atoms with Crippen LogP contribution in [0.1, 0.15) is 85.0 Å². The number of carbonyl (C=O) groups excluding carboxylic acids is 2. The predicted molar refractivity (Wildman–Crippen MR) is 150 cm³/mol. The first kappa shape index (κ1) is 32.2. The van der Waals surface area contributed by atoms with E-state index in [2.05, 4.69) is 25.8 Å². The van der Waals surface area contributed by atoms with Crippen molar-refractivity contribution in [1.82, 2.24) is 40.0 Å². The molecule has 2 N–H and O–H groups in total. The molecule has 0 spiro atoms. The molecular weight excluding hydrogens is 619 g/mol. The Hall–Kier alpha value is -3.73. The summed E-state index contributed by atoms with van der Waals surface area (Å²) >= 11 is 0. The fourth-order valence-corrected chi connectivity index (χ4v) is 6.42. The van der Waals surface area contributed by atoms with E-state index in [0.717, 1.165) is 0 Å². The number of ether oxygens (including phenoxy) is 2. The summed E-state index contributed by atoms with van der Waals surface area (Å²) in [6.07, 6.45) is -4.72. The molecule has 3 aromatic rings. The topological polar surface area (TPSA) is 138 Å². The van der Waals surface area contributed by atoms with E-state index in [1.807, 2.05) is 6.92 Å². The molecule has 1 saturated carbocycles. The number of morpholine rings is 1. The molecule has 17 heteroatoms. The van der Waals surface area contributed by atoms with Gasteiger partial charge in [-0.15, -0.1) is 0 Å². The number of carbonyl (C=O) groups is 2. The number of rotatable bonds is 8. The molecular formula is C29H35F5N8O4. The Morgan fingerprint density at radius 1 is 1.17 bits per heavy atom. The van der Waals surface area contributed by atoms with Crippen molar-refractivity contribution in [1.29, 1.82) is 0 Å². The summed E-state index contributed by atoms with van der Waals surface area (Å²) in [6, 6.07) is 0.805. The van der Waals surface area contributed by atoms with Crippen molar-refractivity contribution in [2.24, 2.45) is 5.92 Å². The standard InChI is InChI=1S/C29H35F5N8O4/c1-2-41-20(5-10-36-41)25(43)38-24(16-3-8-28(30,31)9-4-16)19-15-42-27(37-19)39-23(17-6-11-45-12-7-17)18(40-42)13-21-26(44)35-14-22(46-21)29(32,33)34/h5,10,15-17,21-22,24H,2-4,6-9,11-14H2,1H3,(H,35,44)(H,38,43). The second-order valence-corrected chi connectivity index (χ2v) is 12.0. The van der Waals surface area contributed by atoms with Crippen molar-refractivity contribution in [2.75, 3.05) is 19.8 Å². The lowest BCUT2D eigenvalue weighted by molar-refractivity contribution is -0.237. The van der Waals surface area contributed by atoms with Gasteiger partial charge in [0.05, 0.1) is 35.9 Å². The molecule has 2 amide bonds. The molecule has 1 aliphatic carbocycles. The van der Waals surface area contributed by atoms with Gasteiger partial charge in [0.25, 0.3) is 11.7 Å². The van der Waals surface area contributed by atoms with Gasteiger partial charge in [-0.1, -0.05) is 0 Å². The zero-order valence-electron chi connectivity index (χ0n) is 25.1. The molecule has 3 aromatic heterocycles. The summed E-state index contributed by atoms with van der Waals surface area (Å²) in [7, 11) is 0. The number of nitrogens with one attached hydrogen (secondary N) is 2. The smallest absolute Gasteiger partial charge is 0.381 e. The molecule has 12 nitrogen and oxygen atoms in total. The van der Waals surface area contributed by atoms with Crippen LogP contribution in [-0.4, -0.2) is 85.2 Å². The van der Waals surface area contributed by atoms with E-state index >= 15 is 0 Å². The van der Waals surface area contributed by atoms with E-state index in [4.69, 9.17) is 14.5 Å². The van der Waals surface area contributed by atoms with Gasteiger partial charge in [-0.3, -0.25) is 14.3 Å². The largest absolute Gasteiger partial charge is 0.416 e. The Balaban J connectivity index is 1.35. The van der Waals surface area contributed by atoms with Crippen LogP contribution >= 0.6 is 0 Å². The molecule has 250 valence electrons. The molecule has 5 heterocycles. The van der Waals surface area contributed by atoms with Crippen molar-refractivity contribution in [3.8, 4) is 0 Å². The van der Waals surface area contributed by atoms with Crippen LogP contribution in [0.25, 0.3) is 5.78 Å². The van der Waals surface area contributed by atoms with E-state index in [-0.39, 0.29) is 55.4 Å². The maximum Gasteiger partial charge on any atom is 0.416 e. The fraction of sp³-hybridized carbons (Fsp3) is 0.655. The first-order chi connectivity index (χ1) is 21.9. The molecule has 3 aliphatic rings. The van der Waals surface area contributed by atoms with Crippen LogP contribution < -0.4 is 10.6 Å². The van der Waals surface area contributed by atoms with Crippen molar-refractivity contribution in [3.63, 3.8) is 0 Å². The van der Waals surface area contributed by atoms with Gasteiger partial charge in [-0.05, 0) is 44.6 Å². The Labute approximate surface area is 260 Å². The zero-order chi connectivity index (χ0) is 32.6. The molecule has 2 saturated heterocycles. The highest BCUT2D eigenvalue weighted by molar-refractivity contribution is 5.92. The number of aromatic nitrogens is 6. The maximum atomic E-state index is 14.1. The minimum Gasteiger partial charge on any atom is -0.381 e. The minimum absolute atomic E-state index is 0.146. The van der Waals surface area contributed by atoms with E-state index < -0.39 is 48.7 Å². The van der Waals surface area contributed by atoms with E-state index in [9.17, 15) is 31.5 Å². The molecule has 3 fully saturated rings. The van der Waals surface area contributed by atoms with Crippen molar-refractivity contribution < 1.29 is 41.0 Å². The number of alkyl halides is 5. The number of hydrogen-bond acceptors (Lipinski definition) is 8. The summed E-state index contributed by atoms with van der Waals surface area (Å²) in [5.41, 5.74) is 1.41. The Morgan fingerprint density at radius 3 is 2.61 bits per heavy atom. The van der Waals surface area contributed by atoms with E-state index in [1.54, 1.807) is 6.07 Å². The molecule has 6 rings (SSSR count). The second kappa shape index (κ2) is 12.8. The lowest BCUT2D eigenvalue weighted by Gasteiger charge is -2.33. The molecule has 2 aliphatic heterocycles. The van der Waals surface area contributed by atoms with Crippen LogP contribution in [-0.2, 0) is 27.2 Å². The first-order valence-corrected chi connectivity index (χ1v) is 15.5. The third kappa shape index (κ3) is 6.84. The zero-order valence-corrected chi connectivity index (χ0v) is 25.1. The van der Waals surface area contributed by atoms with Crippen LogP contribution in [0, 0.1) is 5.92 Å². The minimum atomic E-state index is -4.66. The number of amides is 2. The molecule has 0 radical (unpaired) electrons. The van der Waals surface area contributed by atoms with Gasteiger partial charge < -0.3 is 20.1 Å². The third-order valence-corrected chi connectivity index (χ3v) is 8.95. The SMILES string of the molecule is CCn1nccc1C(=O)NC(c1cn2nc(CC3OC(C(F)(F)F)CNC3=O)c(C3CCOCC3)nc2n1)C1CCC(F)(F)CC1. The molecule has 3 atom stereocenters. The lowest BCUT2D eigenvalue weighted by Crippen LogP contribution is -2.55. The molecule has 46 heavy (non-hydrogen) atoms. The highest BCUT2D eigenvalue weighted by Crippen LogP contribution is 2.41.